The Morgan fingerprint density at radius 2 is 0.830 bits per heavy atom. The van der Waals surface area contributed by atoms with Crippen LogP contribution in [0.4, 0.5) is 11.4 Å². The van der Waals surface area contributed by atoms with Gasteiger partial charge in [0.1, 0.15) is 0 Å². The van der Waals surface area contributed by atoms with Gasteiger partial charge in [0.25, 0.3) is 0 Å². The number of amides is 4. The molecule has 0 aliphatic carbocycles. The van der Waals surface area contributed by atoms with Crippen LogP contribution in [0, 0.1) is 21.4 Å². The quantitative estimate of drug-likeness (QED) is 0.0746. The molecule has 0 radical (unpaired) electrons. The molecular formula is C29H30I6N4O8. The number of anilines is 2. The number of benzene rings is 2. The fourth-order valence-electron chi connectivity index (χ4n) is 4.27. The van der Waals surface area contributed by atoms with Crippen LogP contribution in [0.5, 0.6) is 0 Å². The molecule has 0 aliphatic heterocycles. The van der Waals surface area contributed by atoms with Crippen molar-refractivity contribution >= 4 is 182 Å². The van der Waals surface area contributed by atoms with Crippen molar-refractivity contribution in [2.45, 2.75) is 71.9 Å². The highest BCUT2D eigenvalue weighted by atomic mass is 127. The van der Waals surface area contributed by atoms with Gasteiger partial charge in [0.05, 0.1) is 29.6 Å². The molecule has 0 bridgehead atoms. The van der Waals surface area contributed by atoms with Crippen molar-refractivity contribution in [3.8, 4) is 0 Å². The van der Waals surface area contributed by atoms with E-state index in [1.807, 2.05) is 90.4 Å². The monoisotopic (exact) mass is 1320 g/mol. The maximum Gasteiger partial charge on any atom is 0.337 e. The average Bonchev–Trinajstić information content (AvgIpc) is 2.96. The minimum absolute atomic E-state index is 0.0745. The normalized spacial score (nSPS) is 10.7. The number of halogens is 6. The van der Waals surface area contributed by atoms with Crippen LogP contribution in [0.25, 0.3) is 0 Å². The molecular weight excluding hydrogens is 1290 g/mol. The third-order valence-electron chi connectivity index (χ3n) is 6.61. The van der Waals surface area contributed by atoms with Crippen molar-refractivity contribution < 1.29 is 39.0 Å². The van der Waals surface area contributed by atoms with Crippen molar-refractivity contribution in [2.24, 2.45) is 0 Å². The zero-order valence-electron chi connectivity index (χ0n) is 25.0. The zero-order chi connectivity index (χ0) is 35.6. The summed E-state index contributed by atoms with van der Waals surface area (Å²) < 4.78 is 3.17. The number of rotatable bonds is 16. The lowest BCUT2D eigenvalue weighted by molar-refractivity contribution is -0.120. The Bertz CT molecular complexity index is 1490. The fraction of sp³-hybridized carbons (Fsp3) is 0.379. The summed E-state index contributed by atoms with van der Waals surface area (Å²) in [5, 5.41) is 30.7. The summed E-state index contributed by atoms with van der Waals surface area (Å²) in [5.74, 6) is -3.24. The highest BCUT2D eigenvalue weighted by Gasteiger charge is 2.26. The molecule has 2 aromatic carbocycles. The molecule has 0 spiro atoms. The first-order valence-electron chi connectivity index (χ1n) is 13.9. The van der Waals surface area contributed by atoms with Gasteiger partial charge in [0.15, 0.2) is 0 Å². The number of aromatic carboxylic acids is 2. The number of hydrogen-bond donors (Lipinski definition) is 6. The van der Waals surface area contributed by atoms with E-state index in [4.69, 9.17) is 0 Å². The van der Waals surface area contributed by atoms with Crippen molar-refractivity contribution in [3.05, 3.63) is 43.7 Å². The maximum absolute atomic E-state index is 12.8. The topological polar surface area (TPSA) is 191 Å². The second kappa shape index (κ2) is 20.5. The maximum atomic E-state index is 12.8. The van der Waals surface area contributed by atoms with E-state index in [0.717, 1.165) is 19.3 Å². The van der Waals surface area contributed by atoms with Crippen LogP contribution >= 0.6 is 136 Å². The van der Waals surface area contributed by atoms with Gasteiger partial charge in [-0.15, -0.1) is 0 Å². The molecule has 0 heterocycles. The smallest absolute Gasteiger partial charge is 0.337 e. The highest BCUT2D eigenvalue weighted by Crippen LogP contribution is 2.37. The summed E-state index contributed by atoms with van der Waals surface area (Å²) in [5.41, 5.74) is 2.22. The van der Waals surface area contributed by atoms with E-state index in [9.17, 15) is 39.0 Å². The van der Waals surface area contributed by atoms with Gasteiger partial charge in [-0.25, -0.2) is 9.59 Å². The Morgan fingerprint density at radius 1 is 0.511 bits per heavy atom. The SMILES string of the molecule is CC(=O)NCc1c(I)c(NC(=O)CCCCCCCC(=O)Nc2c(I)c(CNC(C)=O)c(I)c(C(=O)O)c2I)c(I)c(C(=O)O)c1I. The lowest BCUT2D eigenvalue weighted by atomic mass is 10.1. The van der Waals surface area contributed by atoms with Crippen LogP contribution in [0.2, 0.25) is 0 Å². The van der Waals surface area contributed by atoms with Crippen LogP contribution in [-0.4, -0.2) is 45.8 Å². The van der Waals surface area contributed by atoms with Crippen molar-refractivity contribution in [3.63, 3.8) is 0 Å². The van der Waals surface area contributed by atoms with Crippen LogP contribution in [-0.2, 0) is 32.3 Å². The lowest BCUT2D eigenvalue weighted by Gasteiger charge is -2.18. The molecule has 0 unspecified atom stereocenters. The van der Waals surface area contributed by atoms with Gasteiger partial charge in [-0.05, 0) is 148 Å². The molecule has 2 aromatic rings. The standard InChI is InChI=1S/C29H30I6N4O8/c1-12(40)36-10-14-20(30)18(28(44)45)24(34)26(22(14)32)38-16(42)8-6-4-3-5-7-9-17(43)39-27-23(33)15(11-37-13(2)41)21(31)19(25(27)35)29(46)47/h3-11H2,1-2H3,(H,36,40)(H,37,41)(H,38,42)(H,39,43)(H,44,45)(H,46,47). The molecule has 0 saturated heterocycles. The van der Waals surface area contributed by atoms with Gasteiger partial charge < -0.3 is 31.5 Å². The molecule has 0 aliphatic rings. The average molecular weight is 1320 g/mol. The second-order valence-electron chi connectivity index (χ2n) is 10.1. The molecule has 12 nitrogen and oxygen atoms in total. The van der Waals surface area contributed by atoms with Gasteiger partial charge >= 0.3 is 11.9 Å². The van der Waals surface area contributed by atoms with Gasteiger partial charge in [-0.2, -0.15) is 0 Å². The minimum Gasteiger partial charge on any atom is -0.478 e. The molecule has 0 fully saturated rings. The molecule has 256 valence electrons. The van der Waals surface area contributed by atoms with E-state index in [-0.39, 0.29) is 60.7 Å². The lowest BCUT2D eigenvalue weighted by Crippen LogP contribution is -2.23. The van der Waals surface area contributed by atoms with E-state index < -0.39 is 11.9 Å². The summed E-state index contributed by atoms with van der Waals surface area (Å²) in [6, 6.07) is 0. The Kier molecular flexibility index (Phi) is 18.7. The first-order chi connectivity index (χ1) is 22.0. The number of hydrogen-bond acceptors (Lipinski definition) is 6. The van der Waals surface area contributed by atoms with E-state index in [1.165, 1.54) is 13.8 Å². The van der Waals surface area contributed by atoms with E-state index in [1.54, 1.807) is 0 Å². The third kappa shape index (κ3) is 12.4. The molecule has 0 saturated carbocycles. The molecule has 2 rings (SSSR count). The Morgan fingerprint density at radius 3 is 1.13 bits per heavy atom. The summed E-state index contributed by atoms with van der Waals surface area (Å²) >= 11 is 11.9. The van der Waals surface area contributed by atoms with Crippen LogP contribution in [0.15, 0.2) is 0 Å². The summed E-state index contributed by atoms with van der Waals surface area (Å²) in [6.45, 7) is 3.02. The van der Waals surface area contributed by atoms with Crippen molar-refractivity contribution in [1.29, 1.82) is 0 Å². The number of nitrogens with one attached hydrogen (secondary N) is 4. The second-order valence-corrected chi connectivity index (χ2v) is 16.6. The predicted molar refractivity (Wildman–Crippen MR) is 228 cm³/mol. The third-order valence-corrected chi connectivity index (χ3v) is 13.5. The molecule has 0 aromatic heterocycles. The first kappa shape index (κ1) is 42.8. The van der Waals surface area contributed by atoms with E-state index in [0.29, 0.717) is 56.8 Å². The van der Waals surface area contributed by atoms with Gasteiger partial charge in [0.2, 0.25) is 23.6 Å². The molecule has 6 N–H and O–H groups in total. The first-order valence-corrected chi connectivity index (χ1v) is 20.4. The zero-order valence-corrected chi connectivity index (χ0v) is 37.9. The van der Waals surface area contributed by atoms with Crippen LogP contribution in [0.3, 0.4) is 0 Å². The highest BCUT2D eigenvalue weighted by molar-refractivity contribution is 14.1. The largest absolute Gasteiger partial charge is 0.478 e. The molecule has 47 heavy (non-hydrogen) atoms. The number of unbranched alkanes of at least 4 members (excludes halogenated alkanes) is 4. The van der Waals surface area contributed by atoms with E-state index in [2.05, 4.69) is 66.4 Å². The summed E-state index contributed by atoms with van der Waals surface area (Å²) in [7, 11) is 0. The number of carboxylic acid groups (broad SMARTS) is 2. The number of carbonyl (C=O) groups is 6. The van der Waals surface area contributed by atoms with E-state index >= 15 is 0 Å². The minimum atomic E-state index is -1.12. The Labute approximate surface area is 353 Å². The Balaban J connectivity index is 1.93. The molecule has 0 atom stereocenters. The van der Waals surface area contributed by atoms with Crippen LogP contribution < -0.4 is 21.3 Å². The summed E-state index contributed by atoms with van der Waals surface area (Å²) in [6.07, 6.45) is 3.99. The van der Waals surface area contributed by atoms with Gasteiger partial charge in [-0.1, -0.05) is 19.3 Å². The molecule has 18 heteroatoms. The summed E-state index contributed by atoms with van der Waals surface area (Å²) in [4.78, 5) is 72.5. The van der Waals surface area contributed by atoms with Gasteiger partial charge in [0, 0.05) is 65.2 Å². The fourth-order valence-corrected chi connectivity index (χ4v) is 12.8. The number of carboxylic acids is 2. The Hall–Kier alpha value is -0.360. The molecule has 4 amide bonds. The predicted octanol–water partition coefficient (Wildman–Crippen LogP) is 7.29. The number of carbonyl (C=O) groups excluding carboxylic acids is 4. The van der Waals surface area contributed by atoms with Crippen molar-refractivity contribution in [1.82, 2.24) is 10.6 Å². The van der Waals surface area contributed by atoms with Crippen molar-refractivity contribution in [2.75, 3.05) is 10.6 Å². The van der Waals surface area contributed by atoms with Gasteiger partial charge in [-0.3, -0.25) is 19.2 Å². The van der Waals surface area contributed by atoms with Crippen LogP contribution in [0.1, 0.15) is 90.6 Å².